The minimum atomic E-state index is -0.303. The first-order valence-electron chi connectivity index (χ1n) is 5.07. The number of hydrogen-bond acceptors (Lipinski definition) is 2. The molecular formula is C12H21FN2. The molecule has 0 aliphatic carbocycles. The number of nitrogens with one attached hydrogen (secondary N) is 1. The quantitative estimate of drug-likeness (QED) is 0.513. The highest BCUT2D eigenvalue weighted by atomic mass is 19.1. The highest BCUT2D eigenvalue weighted by Gasteiger charge is 1.91. The third kappa shape index (κ3) is 9.38. The van der Waals surface area contributed by atoms with Crippen LogP contribution in [-0.2, 0) is 0 Å². The molecule has 0 fully saturated rings. The van der Waals surface area contributed by atoms with Crippen LogP contribution in [-0.4, -0.2) is 38.6 Å². The number of allylic oxidation sites excluding steroid dienone is 4. The zero-order valence-corrected chi connectivity index (χ0v) is 9.89. The van der Waals surface area contributed by atoms with Gasteiger partial charge in [0, 0.05) is 19.6 Å². The SMILES string of the molecule is C=C/C(F)=C\C=C(\C)CNCCN(C)C. The lowest BCUT2D eigenvalue weighted by molar-refractivity contribution is 0.403. The summed E-state index contributed by atoms with van der Waals surface area (Å²) in [5.74, 6) is -0.303. The molecule has 0 aromatic carbocycles. The summed E-state index contributed by atoms with van der Waals surface area (Å²) in [6, 6.07) is 0. The molecule has 0 rings (SSSR count). The Labute approximate surface area is 92.2 Å². The van der Waals surface area contributed by atoms with E-state index in [4.69, 9.17) is 0 Å². The van der Waals surface area contributed by atoms with Crippen LogP contribution >= 0.6 is 0 Å². The largest absolute Gasteiger partial charge is 0.312 e. The van der Waals surface area contributed by atoms with Crippen molar-refractivity contribution < 1.29 is 4.39 Å². The fraction of sp³-hybridized carbons (Fsp3) is 0.500. The van der Waals surface area contributed by atoms with E-state index in [1.807, 2.05) is 21.0 Å². The Kier molecular flexibility index (Phi) is 7.86. The van der Waals surface area contributed by atoms with Gasteiger partial charge in [0.15, 0.2) is 0 Å². The van der Waals surface area contributed by atoms with Crippen molar-refractivity contribution in [3.8, 4) is 0 Å². The Morgan fingerprint density at radius 1 is 1.40 bits per heavy atom. The molecule has 0 amide bonds. The molecule has 86 valence electrons. The first-order chi connectivity index (χ1) is 7.06. The summed E-state index contributed by atoms with van der Waals surface area (Å²) in [5, 5.41) is 3.27. The molecule has 0 aliphatic rings. The summed E-state index contributed by atoms with van der Waals surface area (Å²) in [6.45, 7) is 8.03. The van der Waals surface area contributed by atoms with E-state index in [9.17, 15) is 4.39 Å². The van der Waals surface area contributed by atoms with Gasteiger partial charge in [-0.1, -0.05) is 18.2 Å². The van der Waals surface area contributed by atoms with Gasteiger partial charge in [-0.25, -0.2) is 4.39 Å². The maximum Gasteiger partial charge on any atom is 0.122 e. The van der Waals surface area contributed by atoms with E-state index in [1.54, 1.807) is 6.08 Å². The second-order valence-electron chi connectivity index (χ2n) is 3.75. The Morgan fingerprint density at radius 2 is 2.07 bits per heavy atom. The number of hydrogen-bond donors (Lipinski definition) is 1. The van der Waals surface area contributed by atoms with Gasteiger partial charge in [-0.2, -0.15) is 0 Å². The number of halogens is 1. The molecule has 0 saturated carbocycles. The Hall–Kier alpha value is -0.930. The lowest BCUT2D eigenvalue weighted by Crippen LogP contribution is -2.27. The molecule has 0 atom stereocenters. The molecule has 0 aromatic heterocycles. The lowest BCUT2D eigenvalue weighted by atomic mass is 10.2. The average molecular weight is 212 g/mol. The van der Waals surface area contributed by atoms with Crippen LogP contribution < -0.4 is 5.32 Å². The third-order valence-electron chi connectivity index (χ3n) is 1.86. The van der Waals surface area contributed by atoms with Crippen LogP contribution in [0.2, 0.25) is 0 Å². The summed E-state index contributed by atoms with van der Waals surface area (Å²) in [4.78, 5) is 2.11. The van der Waals surface area contributed by atoms with Crippen molar-refractivity contribution >= 4 is 0 Å². The number of likely N-dealkylation sites (N-methyl/N-ethyl adjacent to an activating group) is 1. The lowest BCUT2D eigenvalue weighted by Gasteiger charge is -2.10. The molecular weight excluding hydrogens is 191 g/mol. The molecule has 3 heteroatoms. The maximum absolute atomic E-state index is 12.7. The summed E-state index contributed by atoms with van der Waals surface area (Å²) in [7, 11) is 4.07. The zero-order chi connectivity index (χ0) is 11.7. The number of nitrogens with zero attached hydrogens (tertiary/aromatic N) is 1. The van der Waals surface area contributed by atoms with Crippen LogP contribution in [0.4, 0.5) is 4.39 Å². The second-order valence-corrected chi connectivity index (χ2v) is 3.75. The van der Waals surface area contributed by atoms with Crippen LogP contribution in [0.1, 0.15) is 6.92 Å². The monoisotopic (exact) mass is 212 g/mol. The number of rotatable bonds is 7. The summed E-state index contributed by atoms with van der Waals surface area (Å²) in [5.41, 5.74) is 1.10. The molecule has 0 aromatic rings. The molecule has 0 spiro atoms. The van der Waals surface area contributed by atoms with Gasteiger partial charge in [-0.3, -0.25) is 0 Å². The summed E-state index contributed by atoms with van der Waals surface area (Å²) >= 11 is 0. The standard InChI is InChI=1S/C12H21FN2/c1-5-12(13)7-6-11(2)10-14-8-9-15(3)4/h5-7,14H,1,8-10H2,2-4H3/b11-6-,12-7+. The van der Waals surface area contributed by atoms with Crippen molar-refractivity contribution in [2.75, 3.05) is 33.7 Å². The predicted octanol–water partition coefficient (Wildman–Crippen LogP) is 2.12. The predicted molar refractivity (Wildman–Crippen MR) is 64.6 cm³/mol. The van der Waals surface area contributed by atoms with Crippen LogP contribution in [0.3, 0.4) is 0 Å². The first kappa shape index (κ1) is 14.1. The van der Waals surface area contributed by atoms with Gasteiger partial charge in [0.05, 0.1) is 0 Å². The highest BCUT2D eigenvalue weighted by Crippen LogP contribution is 1.99. The Balaban J connectivity index is 3.73. The zero-order valence-electron chi connectivity index (χ0n) is 9.89. The van der Waals surface area contributed by atoms with Crippen molar-refractivity contribution in [1.29, 1.82) is 0 Å². The minimum absolute atomic E-state index is 0.303. The van der Waals surface area contributed by atoms with Gasteiger partial charge in [0.2, 0.25) is 0 Å². The van der Waals surface area contributed by atoms with Gasteiger partial charge < -0.3 is 10.2 Å². The molecule has 1 N–H and O–H groups in total. The van der Waals surface area contributed by atoms with E-state index >= 15 is 0 Å². The van der Waals surface area contributed by atoms with Crippen LogP contribution in [0.15, 0.2) is 36.2 Å². The Bertz CT molecular complexity index is 242. The molecule has 0 radical (unpaired) electrons. The van der Waals surface area contributed by atoms with E-state index in [2.05, 4.69) is 16.8 Å². The average Bonchev–Trinajstić information content (AvgIpc) is 2.20. The molecule has 0 aliphatic heterocycles. The molecule has 0 heterocycles. The molecule has 2 nitrogen and oxygen atoms in total. The van der Waals surface area contributed by atoms with Crippen molar-refractivity contribution in [3.63, 3.8) is 0 Å². The van der Waals surface area contributed by atoms with Crippen molar-refractivity contribution in [2.24, 2.45) is 0 Å². The summed E-state index contributed by atoms with van der Waals surface area (Å²) < 4.78 is 12.7. The van der Waals surface area contributed by atoms with Crippen LogP contribution in [0, 0.1) is 0 Å². The molecule has 0 saturated heterocycles. The smallest absolute Gasteiger partial charge is 0.122 e. The van der Waals surface area contributed by atoms with Gasteiger partial charge in [0.1, 0.15) is 5.83 Å². The first-order valence-corrected chi connectivity index (χ1v) is 5.07. The fourth-order valence-electron chi connectivity index (χ4n) is 0.937. The maximum atomic E-state index is 12.7. The van der Waals surface area contributed by atoms with Gasteiger partial charge >= 0.3 is 0 Å². The summed E-state index contributed by atoms with van der Waals surface area (Å²) in [6.07, 6.45) is 4.39. The molecule has 0 unspecified atom stereocenters. The third-order valence-corrected chi connectivity index (χ3v) is 1.86. The minimum Gasteiger partial charge on any atom is -0.312 e. The van der Waals surface area contributed by atoms with Crippen molar-refractivity contribution in [3.05, 3.63) is 36.2 Å². The van der Waals surface area contributed by atoms with Crippen LogP contribution in [0.25, 0.3) is 0 Å². The van der Waals surface area contributed by atoms with Crippen LogP contribution in [0.5, 0.6) is 0 Å². The Morgan fingerprint density at radius 3 is 2.60 bits per heavy atom. The van der Waals surface area contributed by atoms with Gasteiger partial charge in [0.25, 0.3) is 0 Å². The van der Waals surface area contributed by atoms with Crippen molar-refractivity contribution in [2.45, 2.75) is 6.92 Å². The fourth-order valence-corrected chi connectivity index (χ4v) is 0.937. The van der Waals surface area contributed by atoms with Crippen molar-refractivity contribution in [1.82, 2.24) is 10.2 Å². The van der Waals surface area contributed by atoms with Gasteiger partial charge in [-0.15, -0.1) is 0 Å². The highest BCUT2D eigenvalue weighted by molar-refractivity contribution is 5.19. The topological polar surface area (TPSA) is 15.3 Å². The molecule has 0 bridgehead atoms. The molecule has 15 heavy (non-hydrogen) atoms. The van der Waals surface area contributed by atoms with E-state index in [0.717, 1.165) is 25.2 Å². The van der Waals surface area contributed by atoms with Gasteiger partial charge in [-0.05, 0) is 33.2 Å². The second kappa shape index (κ2) is 8.38. The van der Waals surface area contributed by atoms with E-state index in [0.29, 0.717) is 0 Å². The van der Waals surface area contributed by atoms with E-state index in [-0.39, 0.29) is 5.83 Å². The normalized spacial score (nSPS) is 13.4. The van der Waals surface area contributed by atoms with E-state index < -0.39 is 0 Å². The van der Waals surface area contributed by atoms with E-state index in [1.165, 1.54) is 12.2 Å².